The molecule has 4 rings (SSSR count). The van der Waals surface area contributed by atoms with Crippen LogP contribution < -0.4 is 26.4 Å². The molecule has 2 unspecified atom stereocenters. The quantitative estimate of drug-likeness (QED) is 0.110. The number of benzene rings is 2. The van der Waals surface area contributed by atoms with Crippen molar-refractivity contribution in [3.8, 4) is 5.75 Å². The Morgan fingerprint density at radius 2 is 1.58 bits per heavy atom. The van der Waals surface area contributed by atoms with Crippen LogP contribution in [0, 0.1) is 5.92 Å². The van der Waals surface area contributed by atoms with Crippen LogP contribution in [0.3, 0.4) is 0 Å². The summed E-state index contributed by atoms with van der Waals surface area (Å²) in [6.07, 6.45) is -3.14. The molecule has 2 saturated heterocycles. The molecular weight excluding hydrogens is 676 g/mol. The summed E-state index contributed by atoms with van der Waals surface area (Å²) in [5.41, 5.74) is 7.46. The van der Waals surface area contributed by atoms with E-state index in [1.54, 1.807) is 58.0 Å². The van der Waals surface area contributed by atoms with Gasteiger partial charge in [0.2, 0.25) is 17.7 Å². The van der Waals surface area contributed by atoms with E-state index in [1.807, 2.05) is 30.3 Å². The number of carbonyl (C=O) groups excluding carboxylic acids is 4. The summed E-state index contributed by atoms with van der Waals surface area (Å²) in [5.74, 6) is -4.96. The minimum Gasteiger partial charge on any atom is -0.480 e. The van der Waals surface area contributed by atoms with Gasteiger partial charge in [-0.1, -0.05) is 68.8 Å². The van der Waals surface area contributed by atoms with E-state index in [0.717, 1.165) is 5.56 Å². The van der Waals surface area contributed by atoms with E-state index in [2.05, 4.69) is 16.0 Å². The van der Waals surface area contributed by atoms with Crippen molar-refractivity contribution in [1.82, 2.24) is 16.0 Å². The lowest BCUT2D eigenvalue weighted by Crippen LogP contribution is -2.56. The van der Waals surface area contributed by atoms with E-state index >= 15 is 0 Å². The highest BCUT2D eigenvalue weighted by Crippen LogP contribution is 2.40. The Morgan fingerprint density at radius 3 is 2.21 bits per heavy atom. The fraction of sp³-hybridized carbons (Fsp3) is 0.541. The smallest absolute Gasteiger partial charge is 0.326 e. The molecule has 2 fully saturated rings. The first kappa shape index (κ1) is 40.4. The van der Waals surface area contributed by atoms with Crippen molar-refractivity contribution in [3.05, 3.63) is 66.2 Å². The highest BCUT2D eigenvalue weighted by molar-refractivity contribution is 5.93. The van der Waals surface area contributed by atoms with Crippen LogP contribution in [0.4, 0.5) is 0 Å². The number of hydrogen-bond acceptors (Lipinski definition) is 11. The molecule has 2 aliphatic rings. The van der Waals surface area contributed by atoms with Gasteiger partial charge in [-0.25, -0.2) is 4.79 Å². The predicted octanol–water partition coefficient (Wildman–Crippen LogP) is 2.16. The molecule has 0 aliphatic carbocycles. The number of aliphatic carboxylic acids is 1. The maximum absolute atomic E-state index is 13.5. The molecule has 2 aromatic rings. The number of rotatable bonds is 18. The molecule has 0 radical (unpaired) electrons. The van der Waals surface area contributed by atoms with Gasteiger partial charge >= 0.3 is 11.9 Å². The number of esters is 1. The topological polar surface area (TPSA) is 214 Å². The Labute approximate surface area is 303 Å². The standard InChI is InChI=1S/C37H50N4O11/c1-6-21(2)29(35(46)47)41-33(44)22(3)39-34(45)26(17-18-28(43)49-24-15-11-8-12-16-24)40-27(42)19-25(38)30-31(48-20-23-13-9-7-10-14-23)32-36(50-30)52-37(4,5)51-32/h7-16,21-22,25-26,29-32,36H,6,17-20,38H2,1-5H3,(H,39,45)(H,40,42)(H,41,44)(H,46,47)/t21?,22-,25-,26-,29-,30?,31-,32+,36+/m0/s1. The molecule has 2 aliphatic heterocycles. The van der Waals surface area contributed by atoms with Gasteiger partial charge in [-0.3, -0.25) is 19.2 Å². The molecule has 9 atom stereocenters. The minimum atomic E-state index is -1.29. The van der Waals surface area contributed by atoms with Gasteiger partial charge in [0.05, 0.1) is 6.61 Å². The second-order valence-corrected chi connectivity index (χ2v) is 13.6. The maximum Gasteiger partial charge on any atom is 0.326 e. The Kier molecular flexibility index (Phi) is 14.3. The largest absolute Gasteiger partial charge is 0.480 e. The number of hydrogen-bond donors (Lipinski definition) is 5. The molecule has 0 bridgehead atoms. The Balaban J connectivity index is 1.43. The van der Waals surface area contributed by atoms with Crippen molar-refractivity contribution >= 4 is 29.7 Å². The van der Waals surface area contributed by atoms with Crippen molar-refractivity contribution in [2.24, 2.45) is 11.7 Å². The third kappa shape index (κ3) is 11.3. The predicted molar refractivity (Wildman–Crippen MR) is 186 cm³/mol. The SMILES string of the molecule is CCC(C)[C@H](NC(=O)[C@H](C)NC(=O)[C@H](CCC(=O)Oc1ccccc1)NC(=O)C[C@H](N)C1O[C@@H]2OC(C)(C)O[C@@H]2[C@H]1OCc1ccccc1)C(=O)O. The summed E-state index contributed by atoms with van der Waals surface area (Å²) in [7, 11) is 0. The number of fused-ring (bicyclic) bond motifs is 1. The average Bonchev–Trinajstić information content (AvgIpc) is 3.59. The van der Waals surface area contributed by atoms with Crippen LogP contribution in [-0.2, 0) is 49.5 Å². The number of amides is 3. The molecule has 0 spiro atoms. The molecule has 2 aromatic carbocycles. The number of carboxylic acids is 1. The average molecular weight is 727 g/mol. The van der Waals surface area contributed by atoms with Crippen LogP contribution in [0.2, 0.25) is 0 Å². The molecule has 6 N–H and O–H groups in total. The number of para-hydroxylation sites is 1. The first-order valence-electron chi connectivity index (χ1n) is 17.5. The third-order valence-corrected chi connectivity index (χ3v) is 8.95. The molecule has 0 saturated carbocycles. The normalized spacial score (nSPS) is 23.3. The lowest BCUT2D eigenvalue weighted by atomic mass is 9.99. The lowest BCUT2D eigenvalue weighted by Gasteiger charge is -2.29. The molecule has 0 aromatic heterocycles. The van der Waals surface area contributed by atoms with Crippen molar-refractivity contribution < 1.29 is 52.8 Å². The molecule has 284 valence electrons. The second kappa shape index (κ2) is 18.4. The summed E-state index contributed by atoms with van der Waals surface area (Å²) in [4.78, 5) is 64.3. The van der Waals surface area contributed by atoms with Crippen LogP contribution in [0.1, 0.15) is 65.9 Å². The zero-order valence-electron chi connectivity index (χ0n) is 30.1. The number of carbonyl (C=O) groups is 5. The Hall–Kier alpha value is -4.41. The van der Waals surface area contributed by atoms with E-state index < -0.39 is 84.2 Å². The van der Waals surface area contributed by atoms with Gasteiger partial charge in [0.1, 0.15) is 42.2 Å². The fourth-order valence-corrected chi connectivity index (χ4v) is 5.93. The van der Waals surface area contributed by atoms with Crippen LogP contribution in [0.15, 0.2) is 60.7 Å². The summed E-state index contributed by atoms with van der Waals surface area (Å²) in [6, 6.07) is 13.3. The molecule has 15 heteroatoms. The van der Waals surface area contributed by atoms with Crippen molar-refractivity contribution in [2.45, 2.75) is 121 Å². The number of carboxylic acid groups (broad SMARTS) is 1. The van der Waals surface area contributed by atoms with Crippen LogP contribution in [0.5, 0.6) is 5.75 Å². The van der Waals surface area contributed by atoms with Gasteiger partial charge in [0.15, 0.2) is 12.1 Å². The first-order valence-corrected chi connectivity index (χ1v) is 17.5. The van der Waals surface area contributed by atoms with E-state index in [1.165, 1.54) is 6.92 Å². The van der Waals surface area contributed by atoms with Gasteiger partial charge in [-0.15, -0.1) is 0 Å². The number of ether oxygens (including phenoxy) is 5. The van der Waals surface area contributed by atoms with E-state index in [9.17, 15) is 29.1 Å². The summed E-state index contributed by atoms with van der Waals surface area (Å²) in [5, 5.41) is 17.2. The summed E-state index contributed by atoms with van der Waals surface area (Å²) in [6.45, 7) is 8.62. The van der Waals surface area contributed by atoms with Gasteiger partial charge in [0, 0.05) is 18.9 Å². The molecule has 52 heavy (non-hydrogen) atoms. The fourth-order valence-electron chi connectivity index (χ4n) is 5.93. The van der Waals surface area contributed by atoms with Gasteiger partial charge in [-0.05, 0) is 50.8 Å². The molecule has 2 heterocycles. The van der Waals surface area contributed by atoms with Crippen LogP contribution >= 0.6 is 0 Å². The summed E-state index contributed by atoms with van der Waals surface area (Å²) < 4.78 is 29.7. The second-order valence-electron chi connectivity index (χ2n) is 13.6. The van der Waals surface area contributed by atoms with Gasteiger partial charge < -0.3 is 50.5 Å². The molecule has 15 nitrogen and oxygen atoms in total. The van der Waals surface area contributed by atoms with Crippen LogP contribution in [-0.4, -0.2) is 89.3 Å². The van der Waals surface area contributed by atoms with Crippen molar-refractivity contribution in [3.63, 3.8) is 0 Å². The van der Waals surface area contributed by atoms with Crippen molar-refractivity contribution in [2.75, 3.05) is 0 Å². The van der Waals surface area contributed by atoms with Crippen LogP contribution in [0.25, 0.3) is 0 Å². The highest BCUT2D eigenvalue weighted by Gasteiger charge is 2.56. The maximum atomic E-state index is 13.5. The zero-order valence-corrected chi connectivity index (χ0v) is 30.1. The van der Waals surface area contributed by atoms with Crippen molar-refractivity contribution in [1.29, 1.82) is 0 Å². The highest BCUT2D eigenvalue weighted by atomic mass is 16.8. The monoisotopic (exact) mass is 726 g/mol. The number of nitrogens with two attached hydrogens (primary N) is 1. The van der Waals surface area contributed by atoms with Gasteiger partial charge in [-0.2, -0.15) is 0 Å². The molecular formula is C37H50N4O11. The Bertz CT molecular complexity index is 1530. The number of nitrogens with one attached hydrogen (secondary N) is 3. The molecule has 3 amide bonds. The van der Waals surface area contributed by atoms with E-state index in [0.29, 0.717) is 12.2 Å². The minimum absolute atomic E-state index is 0.179. The third-order valence-electron chi connectivity index (χ3n) is 8.95. The zero-order chi connectivity index (χ0) is 38.0. The lowest BCUT2D eigenvalue weighted by molar-refractivity contribution is -0.221. The van der Waals surface area contributed by atoms with E-state index in [-0.39, 0.29) is 31.8 Å². The van der Waals surface area contributed by atoms with E-state index in [4.69, 9.17) is 29.4 Å². The summed E-state index contributed by atoms with van der Waals surface area (Å²) >= 11 is 0. The Morgan fingerprint density at radius 1 is 0.923 bits per heavy atom. The first-order chi connectivity index (χ1) is 24.7. The van der Waals surface area contributed by atoms with Gasteiger partial charge in [0.25, 0.3) is 0 Å².